The Bertz CT molecular complexity index is 592. The molecule has 0 aromatic heterocycles. The number of aryl methyl sites for hydroxylation is 3. The molecular weight excluding hydrogens is 380 g/mol. The van der Waals surface area contributed by atoms with Crippen LogP contribution in [0.4, 0.5) is 0 Å². The maximum atomic E-state index is 10.5. The molecule has 1 N–H and O–H groups in total. The van der Waals surface area contributed by atoms with E-state index in [1.165, 1.54) is 22.3 Å². The van der Waals surface area contributed by atoms with Crippen molar-refractivity contribution in [3.8, 4) is 0 Å². The fourth-order valence-corrected chi connectivity index (χ4v) is 3.94. The second kappa shape index (κ2) is 6.42. The van der Waals surface area contributed by atoms with Crippen molar-refractivity contribution in [1.82, 2.24) is 0 Å². The van der Waals surface area contributed by atoms with Crippen LogP contribution in [0.2, 0.25) is 0 Å². The fraction of sp³-hybridized carbons (Fsp3) is 0.294. The van der Waals surface area contributed by atoms with E-state index in [4.69, 9.17) is 0 Å². The van der Waals surface area contributed by atoms with Crippen molar-refractivity contribution in [3.63, 3.8) is 0 Å². The summed E-state index contributed by atoms with van der Waals surface area (Å²) in [6.45, 7) is 6.32. The Kier molecular flexibility index (Phi) is 5.05. The van der Waals surface area contributed by atoms with Gasteiger partial charge in [0.05, 0.1) is 6.10 Å². The van der Waals surface area contributed by atoms with Gasteiger partial charge in [-0.2, -0.15) is 0 Å². The smallest absolute Gasteiger partial charge is 0.0831 e. The summed E-state index contributed by atoms with van der Waals surface area (Å²) in [4.78, 5) is 0. The van der Waals surface area contributed by atoms with Crippen LogP contribution in [-0.2, 0) is 6.42 Å². The standard InChI is InChI=1S/C17H18Br2O/c1-10-4-11(2)16(12(3)5-10)9-17(20)13-6-14(18)8-15(19)7-13/h4-8,17,20H,9H2,1-3H3. The molecule has 2 aromatic carbocycles. The lowest BCUT2D eigenvalue weighted by molar-refractivity contribution is 0.178. The molecule has 3 heteroatoms. The monoisotopic (exact) mass is 396 g/mol. The zero-order chi connectivity index (χ0) is 14.9. The van der Waals surface area contributed by atoms with E-state index in [0.29, 0.717) is 6.42 Å². The number of hydrogen-bond acceptors (Lipinski definition) is 1. The summed E-state index contributed by atoms with van der Waals surface area (Å²) < 4.78 is 1.94. The Morgan fingerprint density at radius 2 is 1.40 bits per heavy atom. The average molecular weight is 398 g/mol. The maximum Gasteiger partial charge on any atom is 0.0831 e. The van der Waals surface area contributed by atoms with Crippen LogP contribution in [0.3, 0.4) is 0 Å². The first kappa shape index (κ1) is 15.7. The first-order valence-electron chi connectivity index (χ1n) is 6.57. The van der Waals surface area contributed by atoms with Crippen molar-refractivity contribution in [1.29, 1.82) is 0 Å². The van der Waals surface area contributed by atoms with Crippen LogP contribution in [0.1, 0.15) is 33.9 Å². The summed E-state index contributed by atoms with van der Waals surface area (Å²) in [5, 5.41) is 10.5. The molecule has 0 bridgehead atoms. The average Bonchev–Trinajstić information content (AvgIpc) is 2.32. The van der Waals surface area contributed by atoms with Gasteiger partial charge in [0.25, 0.3) is 0 Å². The van der Waals surface area contributed by atoms with Gasteiger partial charge in [0.15, 0.2) is 0 Å². The first-order valence-corrected chi connectivity index (χ1v) is 8.16. The number of aliphatic hydroxyl groups excluding tert-OH is 1. The third kappa shape index (κ3) is 3.72. The molecule has 1 nitrogen and oxygen atoms in total. The normalized spacial score (nSPS) is 12.5. The lowest BCUT2D eigenvalue weighted by Gasteiger charge is -2.16. The number of rotatable bonds is 3. The van der Waals surface area contributed by atoms with Crippen LogP contribution in [-0.4, -0.2) is 5.11 Å². The number of aliphatic hydroxyl groups is 1. The van der Waals surface area contributed by atoms with E-state index in [1.54, 1.807) is 0 Å². The second-order valence-corrected chi connectivity index (χ2v) is 7.13. The third-order valence-corrected chi connectivity index (χ3v) is 4.42. The highest BCUT2D eigenvalue weighted by atomic mass is 79.9. The second-order valence-electron chi connectivity index (χ2n) is 5.30. The Labute approximate surface area is 137 Å². The molecule has 106 valence electrons. The number of benzene rings is 2. The molecule has 0 heterocycles. The minimum Gasteiger partial charge on any atom is -0.388 e. The Balaban J connectivity index is 2.30. The Hall–Kier alpha value is -0.640. The predicted molar refractivity (Wildman–Crippen MR) is 91.2 cm³/mol. The molecular formula is C17H18Br2O. The van der Waals surface area contributed by atoms with Gasteiger partial charge < -0.3 is 5.11 Å². The molecule has 0 aliphatic carbocycles. The minimum absolute atomic E-state index is 0.496. The largest absolute Gasteiger partial charge is 0.388 e. The van der Waals surface area contributed by atoms with Crippen LogP contribution >= 0.6 is 31.9 Å². The van der Waals surface area contributed by atoms with E-state index >= 15 is 0 Å². The quantitative estimate of drug-likeness (QED) is 0.733. The van der Waals surface area contributed by atoms with Gasteiger partial charge in [-0.3, -0.25) is 0 Å². The van der Waals surface area contributed by atoms with Crippen molar-refractivity contribution in [2.45, 2.75) is 33.3 Å². The molecule has 2 rings (SSSR count). The molecule has 0 aliphatic rings. The molecule has 0 fully saturated rings. The predicted octanol–water partition coefficient (Wildman–Crippen LogP) is 5.41. The van der Waals surface area contributed by atoms with Crippen LogP contribution in [0.25, 0.3) is 0 Å². The van der Waals surface area contributed by atoms with Gasteiger partial charge in [-0.05, 0) is 61.2 Å². The highest BCUT2D eigenvalue weighted by molar-refractivity contribution is 9.11. The van der Waals surface area contributed by atoms with E-state index in [0.717, 1.165) is 14.5 Å². The van der Waals surface area contributed by atoms with Crippen LogP contribution in [0.5, 0.6) is 0 Å². The Morgan fingerprint density at radius 1 is 0.900 bits per heavy atom. The highest BCUT2D eigenvalue weighted by Crippen LogP contribution is 2.28. The minimum atomic E-state index is -0.496. The topological polar surface area (TPSA) is 20.2 Å². The van der Waals surface area contributed by atoms with Gasteiger partial charge in [0.1, 0.15) is 0 Å². The third-order valence-electron chi connectivity index (χ3n) is 3.51. The molecule has 0 radical (unpaired) electrons. The molecule has 20 heavy (non-hydrogen) atoms. The van der Waals surface area contributed by atoms with E-state index in [9.17, 15) is 5.11 Å². The van der Waals surface area contributed by atoms with Gasteiger partial charge >= 0.3 is 0 Å². The van der Waals surface area contributed by atoms with Crippen LogP contribution in [0, 0.1) is 20.8 Å². The zero-order valence-corrected chi connectivity index (χ0v) is 15.0. The number of halogens is 2. The van der Waals surface area contributed by atoms with Gasteiger partial charge in [-0.15, -0.1) is 0 Å². The van der Waals surface area contributed by atoms with Gasteiger partial charge in [-0.25, -0.2) is 0 Å². The fourth-order valence-electron chi connectivity index (χ4n) is 2.61. The molecule has 1 unspecified atom stereocenters. The molecule has 2 aromatic rings. The van der Waals surface area contributed by atoms with Crippen molar-refractivity contribution in [2.24, 2.45) is 0 Å². The van der Waals surface area contributed by atoms with Gasteiger partial charge in [0, 0.05) is 15.4 Å². The molecule has 0 amide bonds. The van der Waals surface area contributed by atoms with Gasteiger partial charge in [0.2, 0.25) is 0 Å². The zero-order valence-electron chi connectivity index (χ0n) is 11.9. The number of hydrogen-bond donors (Lipinski definition) is 1. The molecule has 0 saturated carbocycles. The Morgan fingerprint density at radius 3 is 1.90 bits per heavy atom. The van der Waals surface area contributed by atoms with Crippen molar-refractivity contribution < 1.29 is 5.11 Å². The van der Waals surface area contributed by atoms with E-state index in [2.05, 4.69) is 64.8 Å². The summed E-state index contributed by atoms with van der Waals surface area (Å²) >= 11 is 6.93. The molecule has 0 aliphatic heterocycles. The van der Waals surface area contributed by atoms with E-state index in [-0.39, 0.29) is 0 Å². The summed E-state index contributed by atoms with van der Waals surface area (Å²) in [7, 11) is 0. The SMILES string of the molecule is Cc1cc(C)c(CC(O)c2cc(Br)cc(Br)c2)c(C)c1. The first-order chi connectivity index (χ1) is 9.36. The lowest BCUT2D eigenvalue weighted by atomic mass is 9.93. The summed E-state index contributed by atoms with van der Waals surface area (Å²) in [5.74, 6) is 0. The molecule has 0 spiro atoms. The summed E-state index contributed by atoms with van der Waals surface area (Å²) in [5.41, 5.74) is 5.92. The van der Waals surface area contributed by atoms with Crippen molar-refractivity contribution in [2.75, 3.05) is 0 Å². The van der Waals surface area contributed by atoms with E-state index < -0.39 is 6.10 Å². The van der Waals surface area contributed by atoms with Gasteiger partial charge in [-0.1, -0.05) is 49.6 Å². The van der Waals surface area contributed by atoms with Crippen LogP contribution < -0.4 is 0 Å². The molecule has 1 atom stereocenters. The highest BCUT2D eigenvalue weighted by Gasteiger charge is 2.13. The molecule has 0 saturated heterocycles. The maximum absolute atomic E-state index is 10.5. The van der Waals surface area contributed by atoms with Crippen LogP contribution in [0.15, 0.2) is 39.3 Å². The van der Waals surface area contributed by atoms with Crippen molar-refractivity contribution >= 4 is 31.9 Å². The summed E-state index contributed by atoms with van der Waals surface area (Å²) in [6, 6.07) is 10.2. The van der Waals surface area contributed by atoms with Crippen molar-refractivity contribution in [3.05, 3.63) is 67.1 Å². The lowest BCUT2D eigenvalue weighted by Crippen LogP contribution is -2.05. The summed E-state index contributed by atoms with van der Waals surface area (Å²) in [6.07, 6.45) is 0.143. The van der Waals surface area contributed by atoms with E-state index in [1.807, 2.05) is 18.2 Å².